The average molecular weight is 344 g/mol. The summed E-state index contributed by atoms with van der Waals surface area (Å²) in [6.45, 7) is 0. The predicted octanol–water partition coefficient (Wildman–Crippen LogP) is 2.86. The van der Waals surface area contributed by atoms with E-state index in [1.54, 1.807) is 13.2 Å². The van der Waals surface area contributed by atoms with Gasteiger partial charge < -0.3 is 23.7 Å². The lowest BCUT2D eigenvalue weighted by Gasteiger charge is -2.26. The largest absolute Gasteiger partial charge is 0.497 e. The molecule has 0 aromatic heterocycles. The Bertz CT molecular complexity index is 841. The molecule has 0 saturated carbocycles. The van der Waals surface area contributed by atoms with E-state index in [-0.39, 0.29) is 5.78 Å². The second-order valence-corrected chi connectivity index (χ2v) is 5.52. The van der Waals surface area contributed by atoms with E-state index in [0.29, 0.717) is 46.3 Å². The first-order valence-corrected chi connectivity index (χ1v) is 7.71. The summed E-state index contributed by atoms with van der Waals surface area (Å²) in [5, 5.41) is 0. The molecular weight excluding hydrogens is 324 g/mol. The molecule has 2 aromatic rings. The Morgan fingerprint density at radius 1 is 0.760 bits per heavy atom. The molecule has 0 fully saturated rings. The van der Waals surface area contributed by atoms with Gasteiger partial charge in [0.05, 0.1) is 41.1 Å². The highest BCUT2D eigenvalue weighted by atomic mass is 16.5. The van der Waals surface area contributed by atoms with Gasteiger partial charge in [-0.1, -0.05) is 6.07 Å². The van der Waals surface area contributed by atoms with Gasteiger partial charge >= 0.3 is 0 Å². The zero-order valence-corrected chi connectivity index (χ0v) is 14.9. The Balaban J connectivity index is 2.33. The molecule has 1 aliphatic rings. The van der Waals surface area contributed by atoms with Crippen molar-refractivity contribution in [2.45, 2.75) is 6.42 Å². The zero-order valence-electron chi connectivity index (χ0n) is 14.9. The third-order valence-electron chi connectivity index (χ3n) is 4.39. The van der Waals surface area contributed by atoms with Crippen molar-refractivity contribution in [3.63, 3.8) is 0 Å². The summed E-state index contributed by atoms with van der Waals surface area (Å²) in [5.41, 5.74) is 2.63. The SMILES string of the molecule is COc1ccc2c(c1)C(=O)c1c(c(OC)c(OC)c(OC)c1OC)C2. The molecule has 6 heteroatoms. The van der Waals surface area contributed by atoms with Crippen molar-refractivity contribution in [2.24, 2.45) is 0 Å². The van der Waals surface area contributed by atoms with Crippen LogP contribution in [0.2, 0.25) is 0 Å². The minimum atomic E-state index is -0.161. The van der Waals surface area contributed by atoms with Gasteiger partial charge in [0.25, 0.3) is 0 Å². The van der Waals surface area contributed by atoms with E-state index in [1.807, 2.05) is 12.1 Å². The minimum Gasteiger partial charge on any atom is -0.497 e. The van der Waals surface area contributed by atoms with Crippen molar-refractivity contribution in [2.75, 3.05) is 35.5 Å². The van der Waals surface area contributed by atoms with Crippen LogP contribution in [0.3, 0.4) is 0 Å². The molecule has 132 valence electrons. The fraction of sp³-hybridized carbons (Fsp3) is 0.316. The fourth-order valence-corrected chi connectivity index (χ4v) is 3.27. The van der Waals surface area contributed by atoms with Gasteiger partial charge in [0.15, 0.2) is 17.3 Å². The van der Waals surface area contributed by atoms with Gasteiger partial charge in [-0.3, -0.25) is 4.79 Å². The third kappa shape index (κ3) is 2.45. The minimum absolute atomic E-state index is 0.161. The Morgan fingerprint density at radius 3 is 1.92 bits per heavy atom. The summed E-state index contributed by atoms with van der Waals surface area (Å²) >= 11 is 0. The van der Waals surface area contributed by atoms with Crippen LogP contribution in [0.5, 0.6) is 28.7 Å². The lowest BCUT2D eigenvalue weighted by molar-refractivity contribution is 0.103. The van der Waals surface area contributed by atoms with E-state index in [1.165, 1.54) is 28.4 Å². The number of carbonyl (C=O) groups is 1. The van der Waals surface area contributed by atoms with Crippen molar-refractivity contribution < 1.29 is 28.5 Å². The van der Waals surface area contributed by atoms with Crippen LogP contribution >= 0.6 is 0 Å². The standard InChI is InChI=1S/C19H20O6/c1-21-11-7-6-10-8-13-14(15(20)12(10)9-11)17(23-3)19(25-5)18(24-4)16(13)22-2/h6-7,9H,8H2,1-5H3. The van der Waals surface area contributed by atoms with Gasteiger partial charge in [0.2, 0.25) is 11.5 Å². The summed E-state index contributed by atoms with van der Waals surface area (Å²) in [7, 11) is 7.63. The Kier molecular flexibility index (Phi) is 4.44. The topological polar surface area (TPSA) is 63.2 Å². The van der Waals surface area contributed by atoms with Crippen LogP contribution in [-0.4, -0.2) is 41.3 Å². The third-order valence-corrected chi connectivity index (χ3v) is 4.39. The highest BCUT2D eigenvalue weighted by molar-refractivity contribution is 6.15. The van der Waals surface area contributed by atoms with Crippen molar-refractivity contribution >= 4 is 5.78 Å². The number of carbonyl (C=O) groups excluding carboxylic acids is 1. The number of rotatable bonds is 5. The molecular formula is C19H20O6. The van der Waals surface area contributed by atoms with Crippen LogP contribution in [0.25, 0.3) is 0 Å². The first kappa shape index (κ1) is 17.0. The summed E-state index contributed by atoms with van der Waals surface area (Å²) in [4.78, 5) is 13.2. The van der Waals surface area contributed by atoms with E-state index in [9.17, 15) is 4.79 Å². The molecule has 2 aromatic carbocycles. The number of ether oxygens (including phenoxy) is 5. The van der Waals surface area contributed by atoms with Gasteiger partial charge in [-0.25, -0.2) is 0 Å². The van der Waals surface area contributed by atoms with Gasteiger partial charge in [-0.2, -0.15) is 0 Å². The van der Waals surface area contributed by atoms with Crippen LogP contribution in [-0.2, 0) is 6.42 Å². The van der Waals surface area contributed by atoms with E-state index in [4.69, 9.17) is 23.7 Å². The summed E-state index contributed by atoms with van der Waals surface area (Å²) < 4.78 is 27.2. The lowest BCUT2D eigenvalue weighted by Crippen LogP contribution is -2.18. The second-order valence-electron chi connectivity index (χ2n) is 5.52. The molecule has 0 spiro atoms. The van der Waals surface area contributed by atoms with Gasteiger partial charge in [0, 0.05) is 17.5 Å². The fourth-order valence-electron chi connectivity index (χ4n) is 3.27. The first-order chi connectivity index (χ1) is 12.1. The molecule has 0 N–H and O–H groups in total. The van der Waals surface area contributed by atoms with Crippen molar-refractivity contribution in [1.29, 1.82) is 0 Å². The van der Waals surface area contributed by atoms with Gasteiger partial charge in [-0.15, -0.1) is 0 Å². The molecule has 6 nitrogen and oxygen atoms in total. The molecule has 1 aliphatic carbocycles. The molecule has 0 aliphatic heterocycles. The van der Waals surface area contributed by atoms with Crippen molar-refractivity contribution in [3.8, 4) is 28.7 Å². The molecule has 0 bridgehead atoms. The number of fused-ring (bicyclic) bond motifs is 2. The molecule has 0 heterocycles. The van der Waals surface area contributed by atoms with Crippen LogP contribution in [0.1, 0.15) is 27.0 Å². The maximum absolute atomic E-state index is 13.2. The predicted molar refractivity (Wildman–Crippen MR) is 91.9 cm³/mol. The quantitative estimate of drug-likeness (QED) is 0.709. The lowest BCUT2D eigenvalue weighted by atomic mass is 9.83. The highest BCUT2D eigenvalue weighted by Crippen LogP contribution is 2.52. The summed E-state index contributed by atoms with van der Waals surface area (Å²) in [5.74, 6) is 2.03. The maximum atomic E-state index is 13.2. The highest BCUT2D eigenvalue weighted by Gasteiger charge is 2.35. The molecule has 25 heavy (non-hydrogen) atoms. The van der Waals surface area contributed by atoms with E-state index < -0.39 is 0 Å². The van der Waals surface area contributed by atoms with Gasteiger partial charge in [-0.05, 0) is 17.7 Å². The molecule has 0 saturated heterocycles. The first-order valence-electron chi connectivity index (χ1n) is 7.71. The Morgan fingerprint density at radius 2 is 1.36 bits per heavy atom. The Hall–Kier alpha value is -2.89. The molecule has 0 radical (unpaired) electrons. The van der Waals surface area contributed by atoms with Crippen molar-refractivity contribution in [1.82, 2.24) is 0 Å². The smallest absolute Gasteiger partial charge is 0.208 e. The Labute approximate surface area is 146 Å². The number of hydrogen-bond acceptors (Lipinski definition) is 6. The molecule has 0 unspecified atom stereocenters. The van der Waals surface area contributed by atoms with E-state index in [2.05, 4.69) is 0 Å². The van der Waals surface area contributed by atoms with Crippen LogP contribution < -0.4 is 23.7 Å². The second kappa shape index (κ2) is 6.55. The molecule has 0 atom stereocenters. The summed E-state index contributed by atoms with van der Waals surface area (Å²) in [6.07, 6.45) is 0.514. The summed E-state index contributed by atoms with van der Waals surface area (Å²) in [6, 6.07) is 5.46. The average Bonchev–Trinajstić information content (AvgIpc) is 2.65. The molecule has 0 amide bonds. The van der Waals surface area contributed by atoms with Crippen LogP contribution in [0.4, 0.5) is 0 Å². The number of methoxy groups -OCH3 is 5. The van der Waals surface area contributed by atoms with Crippen molar-refractivity contribution in [3.05, 3.63) is 40.5 Å². The van der Waals surface area contributed by atoms with E-state index in [0.717, 1.165) is 11.1 Å². The van der Waals surface area contributed by atoms with Gasteiger partial charge in [0.1, 0.15) is 5.75 Å². The molecule has 3 rings (SSSR count). The number of ketones is 1. The zero-order chi connectivity index (χ0) is 18.1. The van der Waals surface area contributed by atoms with Crippen LogP contribution in [0.15, 0.2) is 18.2 Å². The normalized spacial score (nSPS) is 12.1. The van der Waals surface area contributed by atoms with E-state index >= 15 is 0 Å². The monoisotopic (exact) mass is 344 g/mol. The number of benzene rings is 2. The van der Waals surface area contributed by atoms with Crippen LogP contribution in [0, 0.1) is 0 Å². The maximum Gasteiger partial charge on any atom is 0.208 e. The number of hydrogen-bond donors (Lipinski definition) is 0.